The predicted octanol–water partition coefficient (Wildman–Crippen LogP) is 6.96. The van der Waals surface area contributed by atoms with E-state index >= 15 is 0 Å². The number of alkyl halides is 3. The monoisotopic (exact) mass is 669 g/mol. The van der Waals surface area contributed by atoms with Gasteiger partial charge in [-0.2, -0.15) is 13.2 Å². The zero-order chi connectivity index (χ0) is 32.0. The normalized spacial score (nSPS) is 15.4. The topological polar surface area (TPSA) is 65.6 Å². The highest BCUT2D eigenvalue weighted by Gasteiger charge is 2.45. The van der Waals surface area contributed by atoms with E-state index in [4.69, 9.17) is 27.9 Å². The van der Waals surface area contributed by atoms with E-state index in [2.05, 4.69) is 9.56 Å². The van der Waals surface area contributed by atoms with Crippen LogP contribution in [0.3, 0.4) is 0 Å². The van der Waals surface area contributed by atoms with Crippen LogP contribution < -0.4 is 14.9 Å². The molecule has 6 nitrogen and oxygen atoms in total. The van der Waals surface area contributed by atoms with Crippen LogP contribution in [0.4, 0.5) is 13.2 Å². The standard InChI is InChI=1S/C33H24Cl2F3N3O3S/c1-3-44-31(43)27-28(20-11-13-21(34)14-12-20)41-30(42)26(45-32(41)39-29(27)33(36,37)38)16-24-18(2)40(25-10-5-4-9-23(24)25)17-19-7-6-8-22(35)15-19/h4-16,28H,3,17H2,1-2H3/b26-16-/t28-/m1/s1. The molecule has 0 fully saturated rings. The minimum Gasteiger partial charge on any atom is -0.463 e. The Balaban J connectivity index is 1.60. The van der Waals surface area contributed by atoms with Gasteiger partial charge in [-0.3, -0.25) is 9.36 Å². The number of rotatable bonds is 6. The summed E-state index contributed by atoms with van der Waals surface area (Å²) in [6.07, 6.45) is -3.32. The third kappa shape index (κ3) is 5.74. The quantitative estimate of drug-likeness (QED) is 0.184. The molecule has 0 unspecified atom stereocenters. The highest BCUT2D eigenvalue weighted by atomic mass is 35.5. The van der Waals surface area contributed by atoms with Crippen LogP contribution in [-0.2, 0) is 16.1 Å². The Hall–Kier alpha value is -4.12. The van der Waals surface area contributed by atoms with Crippen LogP contribution in [0.15, 0.2) is 93.9 Å². The molecule has 0 amide bonds. The first kappa shape index (κ1) is 30.9. The second-order valence-corrected chi connectivity index (χ2v) is 12.2. The smallest absolute Gasteiger partial charge is 0.434 e. The second kappa shape index (κ2) is 12.0. The number of nitrogens with zero attached hydrogens (tertiary/aromatic N) is 3. The molecule has 6 rings (SSSR count). The van der Waals surface area contributed by atoms with Gasteiger partial charge in [-0.1, -0.05) is 77.0 Å². The average molecular weight is 671 g/mol. The van der Waals surface area contributed by atoms with Gasteiger partial charge in [-0.25, -0.2) is 9.79 Å². The minimum atomic E-state index is -4.99. The molecule has 1 aliphatic rings. The Morgan fingerprint density at radius 1 is 1.04 bits per heavy atom. The molecule has 1 aliphatic heterocycles. The average Bonchev–Trinajstić information content (AvgIpc) is 3.45. The number of aromatic nitrogens is 2. The first-order valence-electron chi connectivity index (χ1n) is 13.9. The van der Waals surface area contributed by atoms with E-state index in [1.54, 1.807) is 12.1 Å². The lowest BCUT2D eigenvalue weighted by atomic mass is 9.95. The maximum Gasteiger partial charge on any atom is 0.434 e. The van der Waals surface area contributed by atoms with Crippen LogP contribution in [-0.4, -0.2) is 27.9 Å². The number of thiazole rings is 1. The van der Waals surface area contributed by atoms with Crippen LogP contribution in [0.1, 0.15) is 35.3 Å². The molecule has 1 atom stereocenters. The van der Waals surface area contributed by atoms with E-state index in [0.29, 0.717) is 16.6 Å². The lowest BCUT2D eigenvalue weighted by Crippen LogP contribution is -2.41. The molecule has 0 bridgehead atoms. The van der Waals surface area contributed by atoms with Crippen molar-refractivity contribution in [2.24, 2.45) is 4.99 Å². The predicted molar refractivity (Wildman–Crippen MR) is 169 cm³/mol. The van der Waals surface area contributed by atoms with Crippen molar-refractivity contribution >= 4 is 57.5 Å². The number of hydrogen-bond acceptors (Lipinski definition) is 5. The van der Waals surface area contributed by atoms with Crippen LogP contribution in [0.25, 0.3) is 17.0 Å². The summed E-state index contributed by atoms with van der Waals surface area (Å²) in [7, 11) is 0. The van der Waals surface area contributed by atoms with E-state index in [0.717, 1.165) is 43.6 Å². The van der Waals surface area contributed by atoms with E-state index in [1.807, 2.05) is 49.4 Å². The molecule has 0 N–H and O–H groups in total. The van der Waals surface area contributed by atoms with Gasteiger partial charge < -0.3 is 9.30 Å². The van der Waals surface area contributed by atoms with Crippen LogP contribution in [0, 0.1) is 6.92 Å². The van der Waals surface area contributed by atoms with Gasteiger partial charge in [-0.05, 0) is 61.4 Å². The number of fused-ring (bicyclic) bond motifs is 2. The molecule has 3 aromatic carbocycles. The molecule has 230 valence electrons. The highest BCUT2D eigenvalue weighted by Crippen LogP contribution is 2.38. The maximum absolute atomic E-state index is 14.4. The lowest BCUT2D eigenvalue weighted by molar-refractivity contribution is -0.140. The van der Waals surface area contributed by atoms with Crippen LogP contribution in [0.5, 0.6) is 0 Å². The Labute approximate surface area is 268 Å². The summed E-state index contributed by atoms with van der Waals surface area (Å²) in [6, 6.07) is 19.7. The largest absolute Gasteiger partial charge is 0.463 e. The molecule has 3 heterocycles. The number of hydrogen-bond donors (Lipinski definition) is 0. The van der Waals surface area contributed by atoms with Gasteiger partial charge in [-0.15, -0.1) is 0 Å². The fourth-order valence-corrected chi connectivity index (χ4v) is 6.92. The van der Waals surface area contributed by atoms with Gasteiger partial charge in [0.2, 0.25) is 0 Å². The summed E-state index contributed by atoms with van der Waals surface area (Å²) in [5.74, 6) is -1.21. The molecule has 45 heavy (non-hydrogen) atoms. The zero-order valence-electron chi connectivity index (χ0n) is 23.9. The highest BCUT2D eigenvalue weighted by molar-refractivity contribution is 7.07. The summed E-state index contributed by atoms with van der Waals surface area (Å²) in [5.41, 5.74) is 0.973. The van der Waals surface area contributed by atoms with Crippen molar-refractivity contribution in [3.05, 3.63) is 136 Å². The van der Waals surface area contributed by atoms with Gasteiger partial charge in [0, 0.05) is 38.8 Å². The Morgan fingerprint density at radius 2 is 1.78 bits per heavy atom. The summed E-state index contributed by atoms with van der Waals surface area (Å²) >= 11 is 13.1. The lowest BCUT2D eigenvalue weighted by Gasteiger charge is -2.26. The minimum absolute atomic E-state index is 0.160. The molecule has 2 aromatic heterocycles. The van der Waals surface area contributed by atoms with Gasteiger partial charge in [0.05, 0.1) is 22.8 Å². The summed E-state index contributed by atoms with van der Waals surface area (Å²) in [5, 5.41) is 1.81. The fraction of sp³-hybridized carbons (Fsp3) is 0.182. The van der Waals surface area contributed by atoms with Crippen molar-refractivity contribution in [3.63, 3.8) is 0 Å². The van der Waals surface area contributed by atoms with Gasteiger partial charge >= 0.3 is 12.1 Å². The number of benzene rings is 3. The summed E-state index contributed by atoms with van der Waals surface area (Å²) in [4.78, 5) is 30.9. The zero-order valence-corrected chi connectivity index (χ0v) is 26.2. The molecule has 5 aromatic rings. The van der Waals surface area contributed by atoms with Crippen molar-refractivity contribution in [1.82, 2.24) is 9.13 Å². The van der Waals surface area contributed by atoms with Crippen LogP contribution in [0.2, 0.25) is 10.0 Å². The molecule has 0 aliphatic carbocycles. The van der Waals surface area contributed by atoms with E-state index in [1.165, 1.54) is 31.2 Å². The number of esters is 1. The summed E-state index contributed by atoms with van der Waals surface area (Å²) in [6.45, 7) is 3.76. The molecular weight excluding hydrogens is 646 g/mol. The second-order valence-electron chi connectivity index (χ2n) is 10.3. The molecular formula is C33H24Cl2F3N3O3S. The number of allylic oxidation sites excluding steroid dienone is 1. The third-order valence-corrected chi connectivity index (χ3v) is 9.04. The van der Waals surface area contributed by atoms with E-state index in [9.17, 15) is 22.8 Å². The van der Waals surface area contributed by atoms with Crippen molar-refractivity contribution in [3.8, 4) is 0 Å². The number of para-hydroxylation sites is 1. The third-order valence-electron chi connectivity index (χ3n) is 7.57. The number of ether oxygens (including phenoxy) is 1. The number of carbonyl (C=O) groups is 1. The van der Waals surface area contributed by atoms with Crippen molar-refractivity contribution in [1.29, 1.82) is 0 Å². The van der Waals surface area contributed by atoms with Gasteiger partial charge in [0.25, 0.3) is 5.56 Å². The maximum atomic E-state index is 14.4. The van der Waals surface area contributed by atoms with Gasteiger partial charge in [0.15, 0.2) is 10.5 Å². The number of halogens is 5. The molecule has 0 saturated carbocycles. The molecule has 0 radical (unpaired) electrons. The molecule has 0 spiro atoms. The van der Waals surface area contributed by atoms with E-state index in [-0.39, 0.29) is 21.5 Å². The van der Waals surface area contributed by atoms with Crippen LogP contribution >= 0.6 is 34.5 Å². The molecule has 0 saturated heterocycles. The van der Waals surface area contributed by atoms with Crippen molar-refractivity contribution in [2.45, 2.75) is 32.6 Å². The Kier molecular flexibility index (Phi) is 8.24. The van der Waals surface area contributed by atoms with E-state index < -0.39 is 35.0 Å². The SMILES string of the molecule is CCOC(=O)C1=C(C(F)(F)F)N=c2s/c(=C\c3c(C)n(Cc4cccc(Cl)c4)c4ccccc34)c(=O)n2[C@@H]1c1ccc(Cl)cc1. The Bertz CT molecular complexity index is 2180. The first-order chi connectivity index (χ1) is 21.5. The van der Waals surface area contributed by atoms with Crippen molar-refractivity contribution in [2.75, 3.05) is 6.61 Å². The molecule has 12 heteroatoms. The fourth-order valence-electron chi connectivity index (χ4n) is 5.59. The van der Waals surface area contributed by atoms with Crippen molar-refractivity contribution < 1.29 is 22.7 Å². The summed E-state index contributed by atoms with van der Waals surface area (Å²) < 4.78 is 51.8. The first-order valence-corrected chi connectivity index (χ1v) is 15.4. The van der Waals surface area contributed by atoms with Gasteiger partial charge in [0.1, 0.15) is 0 Å². The Morgan fingerprint density at radius 3 is 2.47 bits per heavy atom. The number of carbonyl (C=O) groups excluding carboxylic acids is 1.